The topological polar surface area (TPSA) is 77.2 Å². The molecule has 2 aromatic rings. The van der Waals surface area contributed by atoms with Crippen molar-refractivity contribution in [3.63, 3.8) is 0 Å². The number of ether oxygens (including phenoxy) is 1. The summed E-state index contributed by atoms with van der Waals surface area (Å²) >= 11 is 0. The second-order valence-corrected chi connectivity index (χ2v) is 3.48. The Morgan fingerprint density at radius 2 is 2.28 bits per heavy atom. The number of aliphatic hydroxyl groups is 1. The van der Waals surface area contributed by atoms with E-state index in [0.29, 0.717) is 11.3 Å². The van der Waals surface area contributed by atoms with Crippen LogP contribution in [0.2, 0.25) is 0 Å². The largest absolute Gasteiger partial charge is 0.463 e. The Hall–Kier alpha value is -2.28. The molecule has 0 aliphatic heterocycles. The smallest absolute Gasteiger partial charge is 0.377 e. The molecule has 0 fully saturated rings. The molecule has 1 aromatic heterocycles. The minimum Gasteiger partial charge on any atom is -0.463 e. The third-order valence-electron chi connectivity index (χ3n) is 2.25. The number of esters is 1. The first kappa shape index (κ1) is 12.2. The lowest BCUT2D eigenvalue weighted by molar-refractivity contribution is 0.0587. The summed E-state index contributed by atoms with van der Waals surface area (Å²) < 4.78 is 19.0. The van der Waals surface area contributed by atoms with Crippen molar-refractivity contribution in [3.8, 4) is 5.69 Å². The van der Waals surface area contributed by atoms with Gasteiger partial charge in [-0.05, 0) is 23.8 Å². The molecule has 1 heterocycles. The fourth-order valence-corrected chi connectivity index (χ4v) is 1.43. The average molecular weight is 251 g/mol. The highest BCUT2D eigenvalue weighted by Crippen LogP contribution is 2.13. The quantitative estimate of drug-likeness (QED) is 0.812. The number of carbonyl (C=O) groups excluding carboxylic acids is 1. The molecule has 1 aromatic carbocycles. The number of aliphatic hydroxyl groups excluding tert-OH is 1. The van der Waals surface area contributed by atoms with E-state index in [4.69, 9.17) is 5.11 Å². The van der Waals surface area contributed by atoms with Crippen LogP contribution >= 0.6 is 0 Å². The molecule has 7 heteroatoms. The number of halogens is 1. The molecule has 18 heavy (non-hydrogen) atoms. The van der Waals surface area contributed by atoms with Gasteiger partial charge in [0.1, 0.15) is 12.1 Å². The Morgan fingerprint density at radius 3 is 2.94 bits per heavy atom. The van der Waals surface area contributed by atoms with Crippen LogP contribution in [-0.4, -0.2) is 33.0 Å². The summed E-state index contributed by atoms with van der Waals surface area (Å²) in [5.41, 5.74) is 0.766. The van der Waals surface area contributed by atoms with Crippen LogP contribution in [0.15, 0.2) is 24.5 Å². The number of hydrogen-bond acceptors (Lipinski definition) is 5. The van der Waals surface area contributed by atoms with Crippen molar-refractivity contribution >= 4 is 5.97 Å². The standard InChI is InChI=1S/C11H10FN3O3/c1-18-11(17)10-13-6-15(14-10)9-3-7(5-16)2-8(12)4-9/h2-4,6,16H,5H2,1H3. The van der Waals surface area contributed by atoms with E-state index in [2.05, 4.69) is 14.8 Å². The van der Waals surface area contributed by atoms with Gasteiger partial charge in [-0.3, -0.25) is 0 Å². The maximum Gasteiger partial charge on any atom is 0.377 e. The van der Waals surface area contributed by atoms with Crippen LogP contribution in [0.25, 0.3) is 5.69 Å². The van der Waals surface area contributed by atoms with E-state index < -0.39 is 11.8 Å². The predicted octanol–water partition coefficient (Wildman–Crippen LogP) is 0.685. The first-order valence-electron chi connectivity index (χ1n) is 5.04. The fraction of sp³-hybridized carbons (Fsp3) is 0.182. The van der Waals surface area contributed by atoms with E-state index in [9.17, 15) is 9.18 Å². The monoisotopic (exact) mass is 251 g/mol. The predicted molar refractivity (Wildman–Crippen MR) is 58.6 cm³/mol. The molecule has 0 atom stereocenters. The fourth-order valence-electron chi connectivity index (χ4n) is 1.43. The first-order valence-corrected chi connectivity index (χ1v) is 5.04. The van der Waals surface area contributed by atoms with Crippen LogP contribution in [-0.2, 0) is 11.3 Å². The summed E-state index contributed by atoms with van der Waals surface area (Å²) in [4.78, 5) is 14.9. The van der Waals surface area contributed by atoms with Crippen LogP contribution in [0, 0.1) is 5.82 Å². The number of aromatic nitrogens is 3. The lowest BCUT2D eigenvalue weighted by Gasteiger charge is -2.03. The number of methoxy groups -OCH3 is 1. The third kappa shape index (κ3) is 2.35. The minimum atomic E-state index is -0.674. The maximum absolute atomic E-state index is 13.3. The normalized spacial score (nSPS) is 10.4. The van der Waals surface area contributed by atoms with E-state index in [1.807, 2.05) is 0 Å². The molecule has 0 radical (unpaired) electrons. The Balaban J connectivity index is 2.39. The van der Waals surface area contributed by atoms with Gasteiger partial charge in [0.2, 0.25) is 0 Å². The molecule has 1 N–H and O–H groups in total. The van der Waals surface area contributed by atoms with Crippen molar-refractivity contribution in [1.29, 1.82) is 0 Å². The van der Waals surface area contributed by atoms with Crippen molar-refractivity contribution in [2.24, 2.45) is 0 Å². The Kier molecular flexibility index (Phi) is 3.33. The molecular weight excluding hydrogens is 241 g/mol. The van der Waals surface area contributed by atoms with Gasteiger partial charge < -0.3 is 9.84 Å². The van der Waals surface area contributed by atoms with Crippen molar-refractivity contribution in [2.75, 3.05) is 7.11 Å². The van der Waals surface area contributed by atoms with Crippen LogP contribution in [0.4, 0.5) is 4.39 Å². The van der Waals surface area contributed by atoms with Crippen LogP contribution in [0.5, 0.6) is 0 Å². The van der Waals surface area contributed by atoms with Crippen molar-refractivity contribution < 1.29 is 19.0 Å². The van der Waals surface area contributed by atoms with E-state index in [0.717, 1.165) is 0 Å². The van der Waals surface area contributed by atoms with Crippen LogP contribution in [0.3, 0.4) is 0 Å². The van der Waals surface area contributed by atoms with Gasteiger partial charge in [-0.2, -0.15) is 0 Å². The summed E-state index contributed by atoms with van der Waals surface area (Å²) in [5.74, 6) is -1.30. The molecule has 94 valence electrons. The molecule has 0 unspecified atom stereocenters. The van der Waals surface area contributed by atoms with E-state index in [-0.39, 0.29) is 12.4 Å². The molecular formula is C11H10FN3O3. The molecule has 0 aliphatic rings. The molecule has 0 amide bonds. The van der Waals surface area contributed by atoms with Gasteiger partial charge in [0.25, 0.3) is 5.82 Å². The van der Waals surface area contributed by atoms with Crippen LogP contribution in [0.1, 0.15) is 16.2 Å². The summed E-state index contributed by atoms with van der Waals surface area (Å²) in [7, 11) is 1.22. The van der Waals surface area contributed by atoms with Gasteiger partial charge in [-0.1, -0.05) is 0 Å². The Morgan fingerprint density at radius 1 is 1.50 bits per heavy atom. The molecule has 0 aliphatic carbocycles. The van der Waals surface area contributed by atoms with Gasteiger partial charge in [0.05, 0.1) is 19.4 Å². The number of rotatable bonds is 3. The zero-order chi connectivity index (χ0) is 13.1. The average Bonchev–Trinajstić information content (AvgIpc) is 2.86. The van der Waals surface area contributed by atoms with Gasteiger partial charge in [-0.15, -0.1) is 5.10 Å². The molecule has 0 spiro atoms. The number of benzene rings is 1. The second kappa shape index (κ2) is 4.92. The zero-order valence-corrected chi connectivity index (χ0v) is 9.50. The third-order valence-corrected chi connectivity index (χ3v) is 2.25. The highest BCUT2D eigenvalue weighted by molar-refractivity contribution is 5.84. The van der Waals surface area contributed by atoms with Gasteiger partial charge in [0, 0.05) is 0 Å². The number of hydrogen-bond donors (Lipinski definition) is 1. The van der Waals surface area contributed by atoms with E-state index in [1.54, 1.807) is 6.07 Å². The molecule has 0 bridgehead atoms. The summed E-state index contributed by atoms with van der Waals surface area (Å²) in [5, 5.41) is 12.8. The van der Waals surface area contributed by atoms with Gasteiger partial charge in [0.15, 0.2) is 0 Å². The molecule has 6 nitrogen and oxygen atoms in total. The SMILES string of the molecule is COC(=O)c1ncn(-c2cc(F)cc(CO)c2)n1. The Bertz CT molecular complexity index is 583. The lowest BCUT2D eigenvalue weighted by Crippen LogP contribution is -2.05. The van der Waals surface area contributed by atoms with Crippen molar-refractivity contribution in [2.45, 2.75) is 6.61 Å². The second-order valence-electron chi connectivity index (χ2n) is 3.48. The van der Waals surface area contributed by atoms with Gasteiger partial charge in [-0.25, -0.2) is 18.9 Å². The first-order chi connectivity index (χ1) is 8.63. The summed E-state index contributed by atoms with van der Waals surface area (Å²) in [6.45, 7) is -0.288. The summed E-state index contributed by atoms with van der Waals surface area (Å²) in [6.07, 6.45) is 1.27. The molecule has 0 saturated heterocycles. The maximum atomic E-state index is 13.3. The van der Waals surface area contributed by atoms with Crippen molar-refractivity contribution in [3.05, 3.63) is 41.7 Å². The highest BCUT2D eigenvalue weighted by Gasteiger charge is 2.12. The zero-order valence-electron chi connectivity index (χ0n) is 9.50. The van der Waals surface area contributed by atoms with E-state index >= 15 is 0 Å². The van der Waals surface area contributed by atoms with Crippen LogP contribution < -0.4 is 0 Å². The Labute approximate surface area is 102 Å². The lowest BCUT2D eigenvalue weighted by atomic mass is 10.2. The number of carbonyl (C=O) groups is 1. The highest BCUT2D eigenvalue weighted by atomic mass is 19.1. The van der Waals surface area contributed by atoms with Crippen molar-refractivity contribution in [1.82, 2.24) is 14.8 Å². The molecule has 2 rings (SSSR count). The number of nitrogens with zero attached hydrogens (tertiary/aromatic N) is 3. The van der Waals surface area contributed by atoms with Gasteiger partial charge >= 0.3 is 5.97 Å². The van der Waals surface area contributed by atoms with E-state index in [1.165, 1.54) is 30.3 Å². The minimum absolute atomic E-state index is 0.118. The molecule has 0 saturated carbocycles. The summed E-state index contributed by atoms with van der Waals surface area (Å²) in [6, 6.07) is 3.97.